The Morgan fingerprint density at radius 1 is 0.507 bits per heavy atom. The highest BCUT2D eigenvalue weighted by molar-refractivity contribution is 6.16. The third kappa shape index (κ3) is 15.5. The summed E-state index contributed by atoms with van der Waals surface area (Å²) in [5, 5.41) is 39.3. The Morgan fingerprint density at radius 3 is 1.28 bits per heavy atom. The van der Waals surface area contributed by atoms with Crippen molar-refractivity contribution >= 4 is 34.9 Å². The minimum absolute atomic E-state index is 0.0175. The molecule has 0 saturated carbocycles. The van der Waals surface area contributed by atoms with Crippen molar-refractivity contribution < 1.29 is 53.2 Å². The number of hydrogen-bond donors (Lipinski definition) is 4. The molecule has 0 aliphatic heterocycles. The summed E-state index contributed by atoms with van der Waals surface area (Å²) >= 11 is 0. The molecule has 0 spiro atoms. The highest BCUT2D eigenvalue weighted by atomic mass is 16.5. The lowest BCUT2D eigenvalue weighted by atomic mass is 9.97. The van der Waals surface area contributed by atoms with Gasteiger partial charge in [0, 0.05) is 72.9 Å². The molecule has 0 atom stereocenters. The molecule has 0 aliphatic rings. The zero-order valence-electron chi connectivity index (χ0n) is 41.2. The number of hydrogen-bond acceptors (Lipinski definition) is 14. The van der Waals surface area contributed by atoms with Gasteiger partial charge in [-0.05, 0) is 75.9 Å². The van der Waals surface area contributed by atoms with E-state index in [4.69, 9.17) is 14.3 Å². The molecule has 15 nitrogen and oxygen atoms in total. The van der Waals surface area contributed by atoms with Gasteiger partial charge in [-0.2, -0.15) is 0 Å². The van der Waals surface area contributed by atoms with Gasteiger partial charge in [0.25, 0.3) is 0 Å². The van der Waals surface area contributed by atoms with Crippen LogP contribution in [0, 0.1) is 13.8 Å². The number of carbonyl (C=O) groups excluding carboxylic acids is 3. The molecule has 6 rings (SSSR count). The average molecular weight is 973 g/mol. The van der Waals surface area contributed by atoms with Gasteiger partial charge in [0.1, 0.15) is 23.0 Å². The molecule has 0 fully saturated rings. The summed E-state index contributed by atoms with van der Waals surface area (Å²) in [6.07, 6.45) is 10.9. The summed E-state index contributed by atoms with van der Waals surface area (Å²) < 4.78 is 15.1. The van der Waals surface area contributed by atoms with Crippen molar-refractivity contribution in [3.8, 4) is 23.0 Å². The van der Waals surface area contributed by atoms with Crippen LogP contribution in [0.5, 0.6) is 23.0 Å². The van der Waals surface area contributed by atoms with Crippen LogP contribution >= 0.6 is 0 Å². The molecule has 0 aliphatic carbocycles. The van der Waals surface area contributed by atoms with Crippen molar-refractivity contribution in [3.05, 3.63) is 175 Å². The molecule has 2 aromatic heterocycles. The molecule has 0 unspecified atom stereocenters. The maximum atomic E-state index is 13.3. The second kappa shape index (κ2) is 27.9. The third-order valence-corrected chi connectivity index (χ3v) is 11.3. The number of aryl methyl sites for hydroxylation is 2. The molecule has 71 heavy (non-hydrogen) atoms. The predicted molar refractivity (Wildman–Crippen MR) is 273 cm³/mol. The third-order valence-electron chi connectivity index (χ3n) is 11.3. The molecule has 0 saturated heterocycles. The minimum atomic E-state index is -1.17. The van der Waals surface area contributed by atoms with Gasteiger partial charge in [-0.1, -0.05) is 89.8 Å². The summed E-state index contributed by atoms with van der Waals surface area (Å²) in [7, 11) is 0. The normalized spacial score (nSPS) is 10.5. The fourth-order valence-electron chi connectivity index (χ4n) is 7.25. The molecule has 0 radical (unpaired) electrons. The van der Waals surface area contributed by atoms with E-state index < -0.39 is 34.4 Å². The smallest absolute Gasteiger partial charge is 0.344 e. The molecular weight excluding hydrogens is 909 g/mol. The number of aromatic hydroxyl groups is 3. The summed E-state index contributed by atoms with van der Waals surface area (Å²) in [5.41, 5.74) is 1.04. The molecule has 4 aromatic carbocycles. The average Bonchev–Trinajstić information content (AvgIpc) is 3.36. The first-order chi connectivity index (χ1) is 34.1. The van der Waals surface area contributed by atoms with Crippen LogP contribution in [0.1, 0.15) is 143 Å². The molecule has 0 amide bonds. The maximum Gasteiger partial charge on any atom is 0.344 e. The lowest BCUT2D eigenvalue weighted by Gasteiger charge is -2.25. The second-order valence-corrected chi connectivity index (χ2v) is 16.6. The number of anilines is 2. The van der Waals surface area contributed by atoms with E-state index in [1.54, 1.807) is 48.5 Å². The van der Waals surface area contributed by atoms with Crippen LogP contribution in [0.4, 0.5) is 11.4 Å². The number of benzene rings is 4. The van der Waals surface area contributed by atoms with Gasteiger partial charge in [-0.15, -0.1) is 0 Å². The Hall–Kier alpha value is -7.94. The SMILES string of the molecule is CCCCN(CCCC)c1ccc(C(=O)c2ccccc2C(=O)O)c(O)c1.CCCCN(CCCC)c1ccc(C(=O)c2ccccc2C(=O)Oc2c(C)occc2=O)c(O)c1.Cc1occc(=O)c1O. The van der Waals surface area contributed by atoms with Gasteiger partial charge in [0.2, 0.25) is 22.4 Å². The zero-order chi connectivity index (χ0) is 52.0. The molecule has 0 bridgehead atoms. The van der Waals surface area contributed by atoms with Crippen LogP contribution < -0.4 is 25.4 Å². The predicted octanol–water partition coefficient (Wildman–Crippen LogP) is 10.9. The number of phenols is 2. The van der Waals surface area contributed by atoms with Crippen LogP contribution in [0.2, 0.25) is 0 Å². The van der Waals surface area contributed by atoms with Crippen molar-refractivity contribution in [2.75, 3.05) is 36.0 Å². The van der Waals surface area contributed by atoms with Crippen LogP contribution in [0.3, 0.4) is 0 Å². The number of carbonyl (C=O) groups is 4. The Kier molecular flexibility index (Phi) is 21.9. The van der Waals surface area contributed by atoms with Crippen molar-refractivity contribution in [1.29, 1.82) is 0 Å². The highest BCUT2D eigenvalue weighted by Gasteiger charge is 2.25. The first-order valence-corrected chi connectivity index (χ1v) is 23.8. The van der Waals surface area contributed by atoms with E-state index in [9.17, 15) is 44.1 Å². The number of ketones is 2. The molecule has 4 N–H and O–H groups in total. The zero-order valence-corrected chi connectivity index (χ0v) is 41.2. The van der Waals surface area contributed by atoms with E-state index >= 15 is 0 Å². The van der Waals surface area contributed by atoms with E-state index in [2.05, 4.69) is 41.9 Å². The van der Waals surface area contributed by atoms with E-state index in [1.165, 1.54) is 56.7 Å². The summed E-state index contributed by atoms with van der Waals surface area (Å²) in [4.78, 5) is 77.4. The maximum absolute atomic E-state index is 13.3. The van der Waals surface area contributed by atoms with Crippen molar-refractivity contribution in [1.82, 2.24) is 0 Å². The number of ether oxygens (including phenoxy) is 1. The molecular formula is C56H64N2O13. The molecule has 376 valence electrons. The number of rotatable bonds is 21. The molecule has 15 heteroatoms. The summed E-state index contributed by atoms with van der Waals surface area (Å²) in [6, 6.07) is 24.5. The Morgan fingerprint density at radius 2 is 0.901 bits per heavy atom. The van der Waals surface area contributed by atoms with Gasteiger partial charge in [0.05, 0.1) is 34.8 Å². The molecule has 2 heterocycles. The quantitative estimate of drug-likeness (QED) is 0.0389. The Labute approximate surface area is 413 Å². The van der Waals surface area contributed by atoms with Crippen LogP contribution in [0.15, 0.2) is 128 Å². The first-order valence-electron chi connectivity index (χ1n) is 23.8. The summed E-state index contributed by atoms with van der Waals surface area (Å²) in [6.45, 7) is 15.1. The second-order valence-electron chi connectivity index (χ2n) is 16.6. The molecule has 6 aromatic rings. The Balaban J connectivity index is 0.000000268. The van der Waals surface area contributed by atoms with Crippen molar-refractivity contribution in [2.24, 2.45) is 0 Å². The highest BCUT2D eigenvalue weighted by Crippen LogP contribution is 2.30. The van der Waals surface area contributed by atoms with E-state index in [0.717, 1.165) is 95.0 Å². The number of carboxylic acids is 1. The lowest BCUT2D eigenvalue weighted by Crippen LogP contribution is -2.25. The summed E-state index contributed by atoms with van der Waals surface area (Å²) in [5.74, 6) is -3.47. The van der Waals surface area contributed by atoms with E-state index in [-0.39, 0.29) is 67.9 Å². The van der Waals surface area contributed by atoms with E-state index in [1.807, 2.05) is 12.1 Å². The topological polar surface area (TPSA) is 225 Å². The van der Waals surface area contributed by atoms with Crippen LogP contribution in [0.25, 0.3) is 0 Å². The number of nitrogens with zero attached hydrogens (tertiary/aromatic N) is 2. The number of carboxylic acid groups (broad SMARTS) is 1. The van der Waals surface area contributed by atoms with Crippen molar-refractivity contribution in [3.63, 3.8) is 0 Å². The standard InChI is InChI=1S/C28H31NO6.C22H27NO4.C6H6O3/c1-4-6-15-29(16-7-5-2)20-12-13-23(25(31)18-20)26(32)21-10-8-9-11-22(21)28(33)35-27-19(3)34-17-14-24(27)30;1-3-5-13-23(14-6-4-2)16-11-12-19(20(24)15-16)21(25)17-9-7-8-10-18(17)22(26)27;1-4-6(8)5(7)2-3-9-4/h8-14,17-18,31H,4-7,15-16H2,1-3H3;7-12,15,24H,3-6,13-14H2,1-2H3,(H,26,27);2-3,8H,1H3. The van der Waals surface area contributed by atoms with Gasteiger partial charge >= 0.3 is 11.9 Å². The van der Waals surface area contributed by atoms with Gasteiger partial charge in [-0.25, -0.2) is 9.59 Å². The van der Waals surface area contributed by atoms with E-state index in [0.29, 0.717) is 0 Å². The lowest BCUT2D eigenvalue weighted by molar-refractivity contribution is 0.0690. The van der Waals surface area contributed by atoms with Crippen LogP contribution in [-0.2, 0) is 0 Å². The monoisotopic (exact) mass is 972 g/mol. The largest absolute Gasteiger partial charge is 0.507 e. The number of phenolic OH excluding ortho intramolecular Hbond substituents is 2. The minimum Gasteiger partial charge on any atom is -0.507 e. The van der Waals surface area contributed by atoms with Crippen molar-refractivity contribution in [2.45, 2.75) is 92.9 Å². The number of esters is 1. The van der Waals surface area contributed by atoms with Gasteiger partial charge < -0.3 is 43.8 Å². The Bertz CT molecular complexity index is 2850. The van der Waals surface area contributed by atoms with Gasteiger partial charge in [0.15, 0.2) is 11.6 Å². The van der Waals surface area contributed by atoms with Gasteiger partial charge in [-0.3, -0.25) is 19.2 Å². The van der Waals surface area contributed by atoms with Crippen LogP contribution in [-0.4, -0.2) is 70.1 Å². The number of unbranched alkanes of at least 4 members (excludes halogenated alkanes) is 4. The fourth-order valence-corrected chi connectivity index (χ4v) is 7.25. The first kappa shape index (κ1) is 55.7. The fraction of sp³-hybridized carbons (Fsp3) is 0.321. The number of aromatic carboxylic acids is 1.